The standard InChI is InChI=1S/C26H43NO2/c1-3-26(29)13-11-19-18(16-26)6-7-21-20(19)10-12-25(2)22(21)8-9-23(25)24(28)17-27-14-4-5-15-27/h18-23,29H,3-17H2,1-2H3/t18-,19?,20+,21?,22-,23+,25-,26+/m0/s1. The lowest BCUT2D eigenvalue weighted by atomic mass is 9.48. The van der Waals surface area contributed by atoms with E-state index in [0.717, 1.165) is 74.9 Å². The van der Waals surface area contributed by atoms with Crippen LogP contribution in [0.5, 0.6) is 0 Å². The van der Waals surface area contributed by atoms with Crippen LogP contribution >= 0.6 is 0 Å². The Morgan fingerprint density at radius 3 is 2.48 bits per heavy atom. The van der Waals surface area contributed by atoms with Crippen LogP contribution in [0.25, 0.3) is 0 Å². The molecule has 29 heavy (non-hydrogen) atoms. The number of aliphatic hydroxyl groups is 1. The Kier molecular flexibility index (Phi) is 5.39. The molecule has 1 N–H and O–H groups in total. The third kappa shape index (κ3) is 3.43. The summed E-state index contributed by atoms with van der Waals surface area (Å²) in [5, 5.41) is 10.9. The Hall–Kier alpha value is -0.410. The van der Waals surface area contributed by atoms with E-state index in [4.69, 9.17) is 0 Å². The number of hydrogen-bond donors (Lipinski definition) is 1. The molecule has 5 rings (SSSR count). The highest BCUT2D eigenvalue weighted by molar-refractivity contribution is 5.84. The second-order valence-electron chi connectivity index (χ2n) is 11.9. The van der Waals surface area contributed by atoms with Gasteiger partial charge in [-0.15, -0.1) is 0 Å². The molecule has 3 heteroatoms. The van der Waals surface area contributed by atoms with E-state index in [1.165, 1.54) is 51.4 Å². The number of fused-ring (bicyclic) bond motifs is 5. The van der Waals surface area contributed by atoms with Crippen LogP contribution in [0, 0.1) is 40.9 Å². The largest absolute Gasteiger partial charge is 0.390 e. The Morgan fingerprint density at radius 2 is 1.72 bits per heavy atom. The number of carbonyl (C=O) groups is 1. The van der Waals surface area contributed by atoms with Crippen molar-refractivity contribution in [3.05, 3.63) is 0 Å². The third-order valence-electron chi connectivity index (χ3n) is 10.7. The average molecular weight is 402 g/mol. The Balaban J connectivity index is 1.28. The quantitative estimate of drug-likeness (QED) is 0.716. The van der Waals surface area contributed by atoms with Gasteiger partial charge >= 0.3 is 0 Å². The van der Waals surface area contributed by atoms with Gasteiger partial charge in [-0.2, -0.15) is 0 Å². The van der Waals surface area contributed by atoms with Gasteiger partial charge in [0.25, 0.3) is 0 Å². The van der Waals surface area contributed by atoms with Crippen molar-refractivity contribution in [1.82, 2.24) is 4.90 Å². The summed E-state index contributed by atoms with van der Waals surface area (Å²) in [5.41, 5.74) is -0.110. The summed E-state index contributed by atoms with van der Waals surface area (Å²) in [7, 11) is 0. The number of nitrogens with zero attached hydrogens (tertiary/aromatic N) is 1. The molecular weight excluding hydrogens is 358 g/mol. The zero-order chi connectivity index (χ0) is 20.2. The Morgan fingerprint density at radius 1 is 0.966 bits per heavy atom. The molecule has 3 nitrogen and oxygen atoms in total. The number of Topliss-reactive ketones (excluding diaryl/α,β-unsaturated/α-hetero) is 1. The van der Waals surface area contributed by atoms with Gasteiger partial charge in [0.2, 0.25) is 0 Å². The van der Waals surface area contributed by atoms with Gasteiger partial charge in [-0.05, 0) is 125 Å². The lowest BCUT2D eigenvalue weighted by Crippen LogP contribution is -2.51. The predicted octanol–water partition coefficient (Wildman–Crippen LogP) is 5.06. The van der Waals surface area contributed by atoms with Gasteiger partial charge in [-0.3, -0.25) is 9.69 Å². The van der Waals surface area contributed by atoms with Crippen molar-refractivity contribution in [2.45, 2.75) is 96.5 Å². The molecule has 0 radical (unpaired) electrons. The van der Waals surface area contributed by atoms with Gasteiger partial charge < -0.3 is 5.11 Å². The topological polar surface area (TPSA) is 40.5 Å². The minimum Gasteiger partial charge on any atom is -0.390 e. The highest BCUT2D eigenvalue weighted by Crippen LogP contribution is 2.64. The van der Waals surface area contributed by atoms with E-state index in [1.807, 2.05) is 0 Å². The fourth-order valence-electron chi connectivity index (χ4n) is 9.08. The summed E-state index contributed by atoms with van der Waals surface area (Å²) < 4.78 is 0. The van der Waals surface area contributed by atoms with E-state index in [2.05, 4.69) is 18.7 Å². The monoisotopic (exact) mass is 401 g/mol. The second-order valence-corrected chi connectivity index (χ2v) is 11.9. The first-order chi connectivity index (χ1) is 13.9. The summed E-state index contributed by atoms with van der Waals surface area (Å²) in [6.07, 6.45) is 14.5. The second kappa shape index (κ2) is 7.62. The van der Waals surface area contributed by atoms with Gasteiger partial charge in [0.1, 0.15) is 5.78 Å². The van der Waals surface area contributed by atoms with Crippen molar-refractivity contribution >= 4 is 5.78 Å². The molecule has 1 aliphatic heterocycles. The molecule has 0 spiro atoms. The SMILES string of the molecule is CC[C@@]1(O)CCC2[C@@H](CCC3[C@@H]2CC[C@]2(C)[C@@H](C(=O)CN4CCCC4)CC[C@@H]32)C1. The van der Waals surface area contributed by atoms with E-state index < -0.39 is 0 Å². The van der Waals surface area contributed by atoms with E-state index in [-0.39, 0.29) is 11.0 Å². The molecule has 0 aromatic carbocycles. The fourth-order valence-corrected chi connectivity index (χ4v) is 9.08. The maximum atomic E-state index is 13.3. The maximum Gasteiger partial charge on any atom is 0.150 e. The van der Waals surface area contributed by atoms with E-state index in [1.54, 1.807) is 0 Å². The number of ketones is 1. The summed E-state index contributed by atoms with van der Waals surface area (Å²) >= 11 is 0. The van der Waals surface area contributed by atoms with Crippen molar-refractivity contribution in [2.75, 3.05) is 19.6 Å². The third-order valence-corrected chi connectivity index (χ3v) is 10.7. The summed E-state index contributed by atoms with van der Waals surface area (Å²) in [4.78, 5) is 15.7. The van der Waals surface area contributed by atoms with Crippen molar-refractivity contribution < 1.29 is 9.90 Å². The van der Waals surface area contributed by atoms with Crippen LogP contribution in [0.1, 0.15) is 90.9 Å². The first kappa shape index (κ1) is 20.5. The molecule has 1 heterocycles. The zero-order valence-electron chi connectivity index (χ0n) is 18.9. The lowest BCUT2D eigenvalue weighted by Gasteiger charge is -2.57. The summed E-state index contributed by atoms with van der Waals surface area (Å²) in [6.45, 7) is 7.65. The van der Waals surface area contributed by atoms with Gasteiger partial charge in [-0.1, -0.05) is 13.8 Å². The number of likely N-dealkylation sites (tertiary alicyclic amines) is 1. The maximum absolute atomic E-state index is 13.3. The van der Waals surface area contributed by atoms with Gasteiger partial charge in [-0.25, -0.2) is 0 Å². The zero-order valence-corrected chi connectivity index (χ0v) is 18.9. The van der Waals surface area contributed by atoms with Gasteiger partial charge in [0.05, 0.1) is 12.1 Å². The minimum atomic E-state index is -0.377. The highest BCUT2D eigenvalue weighted by Gasteiger charge is 2.58. The molecule has 5 aliphatic rings. The summed E-state index contributed by atoms with van der Waals surface area (Å²) in [5.74, 6) is 5.01. The van der Waals surface area contributed by atoms with Crippen LogP contribution in [0.15, 0.2) is 0 Å². The highest BCUT2D eigenvalue weighted by atomic mass is 16.3. The van der Waals surface area contributed by atoms with Gasteiger partial charge in [0, 0.05) is 5.92 Å². The smallest absolute Gasteiger partial charge is 0.150 e. The van der Waals surface area contributed by atoms with Crippen LogP contribution in [-0.2, 0) is 4.79 Å². The van der Waals surface area contributed by atoms with Crippen molar-refractivity contribution in [3.8, 4) is 0 Å². The summed E-state index contributed by atoms with van der Waals surface area (Å²) in [6, 6.07) is 0. The van der Waals surface area contributed by atoms with E-state index >= 15 is 0 Å². The molecule has 4 saturated carbocycles. The Labute approximate surface area is 178 Å². The van der Waals surface area contributed by atoms with Crippen molar-refractivity contribution in [3.63, 3.8) is 0 Å². The molecule has 5 fully saturated rings. The van der Waals surface area contributed by atoms with Crippen LogP contribution in [0.4, 0.5) is 0 Å². The number of carbonyl (C=O) groups excluding carboxylic acids is 1. The molecule has 0 aromatic heterocycles. The molecule has 1 saturated heterocycles. The van der Waals surface area contributed by atoms with Crippen LogP contribution in [-0.4, -0.2) is 41.0 Å². The normalized spacial score (nSPS) is 50.0. The molecule has 164 valence electrons. The van der Waals surface area contributed by atoms with Crippen LogP contribution in [0.2, 0.25) is 0 Å². The minimum absolute atomic E-state index is 0.267. The van der Waals surface area contributed by atoms with E-state index in [0.29, 0.717) is 11.7 Å². The van der Waals surface area contributed by atoms with Gasteiger partial charge in [0.15, 0.2) is 0 Å². The molecule has 0 bridgehead atoms. The van der Waals surface area contributed by atoms with Crippen molar-refractivity contribution in [1.29, 1.82) is 0 Å². The lowest BCUT2D eigenvalue weighted by molar-refractivity contribution is -0.133. The van der Waals surface area contributed by atoms with Crippen LogP contribution < -0.4 is 0 Å². The fraction of sp³-hybridized carbons (Fsp3) is 0.962. The first-order valence-corrected chi connectivity index (χ1v) is 12.9. The predicted molar refractivity (Wildman–Crippen MR) is 117 cm³/mol. The molecule has 2 unspecified atom stereocenters. The molecule has 0 aromatic rings. The molecular formula is C26H43NO2. The number of hydrogen-bond acceptors (Lipinski definition) is 3. The van der Waals surface area contributed by atoms with Crippen LogP contribution in [0.3, 0.4) is 0 Å². The molecule has 4 aliphatic carbocycles. The molecule has 0 amide bonds. The van der Waals surface area contributed by atoms with Crippen molar-refractivity contribution in [2.24, 2.45) is 40.9 Å². The number of rotatable bonds is 4. The Bertz CT molecular complexity index is 628. The molecule has 8 atom stereocenters. The average Bonchev–Trinajstić information content (AvgIpc) is 3.34. The first-order valence-electron chi connectivity index (χ1n) is 12.9. The van der Waals surface area contributed by atoms with E-state index in [9.17, 15) is 9.90 Å².